The van der Waals surface area contributed by atoms with E-state index in [9.17, 15) is 14.9 Å². The van der Waals surface area contributed by atoms with Gasteiger partial charge in [0.1, 0.15) is 17.3 Å². The second-order valence-corrected chi connectivity index (χ2v) is 3.66. The first-order valence-electron chi connectivity index (χ1n) is 5.43. The molecule has 0 atom stereocenters. The Kier molecular flexibility index (Phi) is 3.75. The van der Waals surface area contributed by atoms with Crippen molar-refractivity contribution in [1.29, 1.82) is 0 Å². The number of carboxylic acid groups (broad SMARTS) is 1. The smallest absolute Gasteiger partial charge is 0.410 e. The molecule has 1 heterocycles. The number of amides is 1. The standard InChI is InChI=1S/C12H9N3O5/c16-12(17)14-11-7-10(5-6-13-11)20-9-3-1-8(2-4-9)15(18)19/h1-7H,(H,13,14)(H,16,17). The molecular formula is C12H9N3O5. The van der Waals surface area contributed by atoms with Crippen LogP contribution in [0.25, 0.3) is 0 Å². The summed E-state index contributed by atoms with van der Waals surface area (Å²) in [5, 5.41) is 21.2. The van der Waals surface area contributed by atoms with Crippen molar-refractivity contribution in [3.8, 4) is 11.5 Å². The van der Waals surface area contributed by atoms with Crippen molar-refractivity contribution in [2.24, 2.45) is 0 Å². The highest BCUT2D eigenvalue weighted by Crippen LogP contribution is 2.24. The molecule has 8 heteroatoms. The van der Waals surface area contributed by atoms with E-state index in [-0.39, 0.29) is 11.5 Å². The van der Waals surface area contributed by atoms with Gasteiger partial charge in [-0.3, -0.25) is 15.4 Å². The fourth-order valence-electron chi connectivity index (χ4n) is 1.42. The summed E-state index contributed by atoms with van der Waals surface area (Å²) in [6.45, 7) is 0. The first-order chi connectivity index (χ1) is 9.54. The van der Waals surface area contributed by atoms with E-state index in [2.05, 4.69) is 10.3 Å². The van der Waals surface area contributed by atoms with Crippen LogP contribution in [0.5, 0.6) is 11.5 Å². The quantitative estimate of drug-likeness (QED) is 0.654. The molecular weight excluding hydrogens is 266 g/mol. The van der Waals surface area contributed by atoms with E-state index in [4.69, 9.17) is 9.84 Å². The minimum absolute atomic E-state index is 0.0414. The molecule has 0 fully saturated rings. The second-order valence-electron chi connectivity index (χ2n) is 3.66. The molecule has 0 aliphatic heterocycles. The summed E-state index contributed by atoms with van der Waals surface area (Å²) in [6, 6.07) is 8.45. The van der Waals surface area contributed by atoms with Crippen molar-refractivity contribution in [2.75, 3.05) is 5.32 Å². The van der Waals surface area contributed by atoms with Gasteiger partial charge in [-0.2, -0.15) is 0 Å². The van der Waals surface area contributed by atoms with Crippen LogP contribution in [-0.2, 0) is 0 Å². The SMILES string of the molecule is O=C(O)Nc1cc(Oc2ccc([N+](=O)[O-])cc2)ccn1. The number of non-ortho nitro benzene ring substituents is 1. The van der Waals surface area contributed by atoms with Crippen molar-refractivity contribution in [3.05, 3.63) is 52.7 Å². The van der Waals surface area contributed by atoms with Crippen LogP contribution in [0.4, 0.5) is 16.3 Å². The zero-order chi connectivity index (χ0) is 14.5. The molecule has 0 unspecified atom stereocenters. The number of anilines is 1. The van der Waals surface area contributed by atoms with Gasteiger partial charge in [0.15, 0.2) is 0 Å². The number of hydrogen-bond donors (Lipinski definition) is 2. The summed E-state index contributed by atoms with van der Waals surface area (Å²) < 4.78 is 5.44. The average Bonchev–Trinajstić information content (AvgIpc) is 2.39. The van der Waals surface area contributed by atoms with Crippen LogP contribution in [0.3, 0.4) is 0 Å². The predicted octanol–water partition coefficient (Wildman–Crippen LogP) is 2.87. The van der Waals surface area contributed by atoms with Gasteiger partial charge < -0.3 is 9.84 Å². The fraction of sp³-hybridized carbons (Fsp3) is 0. The lowest BCUT2D eigenvalue weighted by Crippen LogP contribution is -2.08. The number of benzene rings is 1. The molecule has 8 nitrogen and oxygen atoms in total. The lowest BCUT2D eigenvalue weighted by molar-refractivity contribution is -0.384. The van der Waals surface area contributed by atoms with Gasteiger partial charge in [-0.1, -0.05) is 0 Å². The molecule has 0 aliphatic carbocycles. The minimum Gasteiger partial charge on any atom is -0.465 e. The highest BCUT2D eigenvalue weighted by Gasteiger charge is 2.06. The predicted molar refractivity (Wildman–Crippen MR) is 69.1 cm³/mol. The number of rotatable bonds is 4. The van der Waals surface area contributed by atoms with Crippen LogP contribution >= 0.6 is 0 Å². The molecule has 2 aromatic rings. The Balaban J connectivity index is 2.13. The molecule has 1 aromatic carbocycles. The third-order valence-electron chi connectivity index (χ3n) is 2.25. The molecule has 102 valence electrons. The van der Waals surface area contributed by atoms with E-state index >= 15 is 0 Å². The molecule has 0 spiro atoms. The van der Waals surface area contributed by atoms with Gasteiger partial charge >= 0.3 is 6.09 Å². The maximum absolute atomic E-state index is 10.5. The van der Waals surface area contributed by atoms with Crippen LogP contribution in [0.1, 0.15) is 0 Å². The lowest BCUT2D eigenvalue weighted by Gasteiger charge is -2.06. The maximum atomic E-state index is 10.5. The maximum Gasteiger partial charge on any atom is 0.410 e. The second kappa shape index (κ2) is 5.65. The van der Waals surface area contributed by atoms with E-state index in [1.165, 1.54) is 42.6 Å². The number of aromatic nitrogens is 1. The Hall–Kier alpha value is -3.16. The van der Waals surface area contributed by atoms with Crippen molar-refractivity contribution in [3.63, 3.8) is 0 Å². The summed E-state index contributed by atoms with van der Waals surface area (Å²) in [5.74, 6) is 0.873. The number of nitro groups is 1. The van der Waals surface area contributed by atoms with E-state index in [1.807, 2.05) is 0 Å². The molecule has 0 aliphatic rings. The highest BCUT2D eigenvalue weighted by molar-refractivity contribution is 5.81. The van der Waals surface area contributed by atoms with Crippen molar-refractivity contribution < 1.29 is 19.6 Å². The largest absolute Gasteiger partial charge is 0.465 e. The molecule has 1 amide bonds. The van der Waals surface area contributed by atoms with Gasteiger partial charge in [0.25, 0.3) is 5.69 Å². The van der Waals surface area contributed by atoms with Crippen LogP contribution in [0.2, 0.25) is 0 Å². The highest BCUT2D eigenvalue weighted by atomic mass is 16.6. The number of nitrogens with zero attached hydrogens (tertiary/aromatic N) is 2. The van der Waals surface area contributed by atoms with E-state index in [0.29, 0.717) is 11.5 Å². The summed E-state index contributed by atoms with van der Waals surface area (Å²) >= 11 is 0. The topological polar surface area (TPSA) is 115 Å². The van der Waals surface area contributed by atoms with Gasteiger partial charge in [-0.25, -0.2) is 9.78 Å². The average molecular weight is 275 g/mol. The summed E-state index contributed by atoms with van der Waals surface area (Å²) in [5.41, 5.74) is -0.0414. The van der Waals surface area contributed by atoms with Gasteiger partial charge in [0, 0.05) is 24.4 Å². The molecule has 0 radical (unpaired) electrons. The molecule has 0 saturated carbocycles. The Morgan fingerprint density at radius 1 is 1.25 bits per heavy atom. The number of nitro benzene ring substituents is 1. The molecule has 0 bridgehead atoms. The number of hydrogen-bond acceptors (Lipinski definition) is 5. The minimum atomic E-state index is -1.23. The van der Waals surface area contributed by atoms with Crippen molar-refractivity contribution >= 4 is 17.6 Å². The number of nitrogens with one attached hydrogen (secondary N) is 1. The van der Waals surface area contributed by atoms with Crippen molar-refractivity contribution in [2.45, 2.75) is 0 Å². The fourth-order valence-corrected chi connectivity index (χ4v) is 1.42. The number of carbonyl (C=O) groups is 1. The molecule has 1 aromatic heterocycles. The molecule has 2 N–H and O–H groups in total. The Bertz CT molecular complexity index is 642. The van der Waals surface area contributed by atoms with E-state index < -0.39 is 11.0 Å². The summed E-state index contributed by atoms with van der Waals surface area (Å²) in [4.78, 5) is 24.3. The van der Waals surface area contributed by atoms with Gasteiger partial charge in [0.05, 0.1) is 4.92 Å². The molecule has 0 saturated heterocycles. The van der Waals surface area contributed by atoms with Gasteiger partial charge in [-0.15, -0.1) is 0 Å². The Morgan fingerprint density at radius 2 is 1.95 bits per heavy atom. The van der Waals surface area contributed by atoms with Crippen LogP contribution in [0.15, 0.2) is 42.6 Å². The first kappa shape index (κ1) is 13.3. The van der Waals surface area contributed by atoms with E-state index in [1.54, 1.807) is 0 Å². The zero-order valence-corrected chi connectivity index (χ0v) is 10.0. The molecule has 20 heavy (non-hydrogen) atoms. The van der Waals surface area contributed by atoms with Crippen LogP contribution in [-0.4, -0.2) is 21.1 Å². The van der Waals surface area contributed by atoms with Crippen LogP contribution in [0, 0.1) is 10.1 Å². The first-order valence-corrected chi connectivity index (χ1v) is 5.43. The molecule has 2 rings (SSSR count). The van der Waals surface area contributed by atoms with Gasteiger partial charge in [0.2, 0.25) is 0 Å². The van der Waals surface area contributed by atoms with E-state index in [0.717, 1.165) is 0 Å². The lowest BCUT2D eigenvalue weighted by atomic mass is 10.3. The number of ether oxygens (including phenoxy) is 1. The number of pyridine rings is 1. The Morgan fingerprint density at radius 3 is 2.55 bits per heavy atom. The monoisotopic (exact) mass is 275 g/mol. The summed E-state index contributed by atoms with van der Waals surface area (Å²) in [6.07, 6.45) is 0.149. The van der Waals surface area contributed by atoms with Crippen molar-refractivity contribution in [1.82, 2.24) is 4.98 Å². The summed E-state index contributed by atoms with van der Waals surface area (Å²) in [7, 11) is 0. The third-order valence-corrected chi connectivity index (χ3v) is 2.25. The third kappa shape index (κ3) is 3.42. The Labute approximate surface area is 112 Å². The van der Waals surface area contributed by atoms with Gasteiger partial charge in [-0.05, 0) is 18.2 Å². The van der Waals surface area contributed by atoms with Crippen LogP contribution < -0.4 is 10.1 Å². The normalized spacial score (nSPS) is 9.80. The zero-order valence-electron chi connectivity index (χ0n) is 10.0.